The van der Waals surface area contributed by atoms with Crippen LogP contribution in [0.15, 0.2) is 30.3 Å². The molecule has 2 heterocycles. The van der Waals surface area contributed by atoms with Crippen molar-refractivity contribution in [3.8, 4) is 0 Å². The number of carbonyl (C=O) groups excluding carboxylic acids is 2. The summed E-state index contributed by atoms with van der Waals surface area (Å²) in [5, 5.41) is 12.9. The zero-order chi connectivity index (χ0) is 23.1. The van der Waals surface area contributed by atoms with E-state index in [0.717, 1.165) is 18.4 Å². The maximum Gasteiger partial charge on any atom is 0.326 e. The number of carboxylic acids is 1. The second kappa shape index (κ2) is 10.9. The summed E-state index contributed by atoms with van der Waals surface area (Å²) < 4.78 is 11.1. The van der Waals surface area contributed by atoms with Crippen LogP contribution in [0.5, 0.6) is 0 Å². The van der Waals surface area contributed by atoms with Crippen LogP contribution in [-0.4, -0.2) is 71.3 Å². The van der Waals surface area contributed by atoms with E-state index >= 15 is 0 Å². The van der Waals surface area contributed by atoms with Gasteiger partial charge < -0.3 is 19.5 Å². The number of aryl methyl sites for hydroxylation is 1. The highest BCUT2D eigenvalue weighted by molar-refractivity contribution is 5.88. The topological polar surface area (TPSA) is 105 Å². The number of piperidine rings is 1. The minimum atomic E-state index is -1.02. The molecule has 0 bridgehead atoms. The van der Waals surface area contributed by atoms with Crippen molar-refractivity contribution in [1.82, 2.24) is 10.2 Å². The number of ether oxygens (including phenoxy) is 2. The van der Waals surface area contributed by atoms with E-state index in [1.54, 1.807) is 13.8 Å². The maximum atomic E-state index is 13.2. The molecule has 8 heteroatoms. The van der Waals surface area contributed by atoms with Crippen LogP contribution in [0.1, 0.15) is 51.5 Å². The third kappa shape index (κ3) is 5.86. The molecule has 4 atom stereocenters. The number of likely N-dealkylation sites (tertiary alicyclic amines) is 1. The summed E-state index contributed by atoms with van der Waals surface area (Å²) in [4.78, 5) is 39.1. The van der Waals surface area contributed by atoms with E-state index < -0.39 is 35.7 Å². The molecule has 32 heavy (non-hydrogen) atoms. The Morgan fingerprint density at radius 2 is 2.03 bits per heavy atom. The maximum absolute atomic E-state index is 13.2. The van der Waals surface area contributed by atoms with Crippen molar-refractivity contribution in [1.29, 1.82) is 0 Å². The van der Waals surface area contributed by atoms with Crippen molar-refractivity contribution in [2.24, 2.45) is 0 Å². The summed E-state index contributed by atoms with van der Waals surface area (Å²) in [6.45, 7) is 4.63. The largest absolute Gasteiger partial charge is 0.480 e. The van der Waals surface area contributed by atoms with Crippen LogP contribution in [0.25, 0.3) is 0 Å². The Labute approximate surface area is 189 Å². The van der Waals surface area contributed by atoms with Gasteiger partial charge in [-0.2, -0.15) is 0 Å². The summed E-state index contributed by atoms with van der Waals surface area (Å²) >= 11 is 0. The lowest BCUT2D eigenvalue weighted by molar-refractivity contribution is -0.161. The zero-order valence-corrected chi connectivity index (χ0v) is 18.9. The molecular weight excluding hydrogens is 412 g/mol. The van der Waals surface area contributed by atoms with Gasteiger partial charge in [0.25, 0.3) is 0 Å². The summed E-state index contributed by atoms with van der Waals surface area (Å²) in [5.74, 6) is -1.75. The van der Waals surface area contributed by atoms with Crippen LogP contribution in [0.2, 0.25) is 0 Å². The minimum absolute atomic E-state index is 0.250. The fourth-order valence-corrected chi connectivity index (χ4v) is 4.73. The normalized spacial score (nSPS) is 24.8. The van der Waals surface area contributed by atoms with Crippen LogP contribution < -0.4 is 5.32 Å². The first kappa shape index (κ1) is 24.2. The fourth-order valence-electron chi connectivity index (χ4n) is 4.73. The molecule has 3 rings (SSSR count). The second-order valence-electron chi connectivity index (χ2n) is 8.69. The van der Waals surface area contributed by atoms with E-state index in [-0.39, 0.29) is 12.5 Å². The molecule has 0 saturated carbocycles. The van der Waals surface area contributed by atoms with Gasteiger partial charge >= 0.3 is 11.9 Å². The highest BCUT2D eigenvalue weighted by Crippen LogP contribution is 2.38. The molecule has 2 aliphatic rings. The number of carboxylic acid groups (broad SMARTS) is 1. The summed E-state index contributed by atoms with van der Waals surface area (Å²) in [6.07, 6.45) is 3.80. The highest BCUT2D eigenvalue weighted by atomic mass is 16.5. The molecule has 2 unspecified atom stereocenters. The number of hydrogen-bond donors (Lipinski definition) is 2. The molecule has 0 aliphatic carbocycles. The quantitative estimate of drug-likeness (QED) is 0.560. The predicted octanol–water partition coefficient (Wildman–Crippen LogP) is 2.15. The third-order valence-corrected chi connectivity index (χ3v) is 6.46. The molecular formula is C24H34N2O6. The van der Waals surface area contributed by atoms with E-state index in [4.69, 9.17) is 9.47 Å². The Bertz CT molecular complexity index is 793. The number of nitrogens with one attached hydrogen (secondary N) is 1. The summed E-state index contributed by atoms with van der Waals surface area (Å²) in [7, 11) is 0. The van der Waals surface area contributed by atoms with Crippen molar-refractivity contribution < 1.29 is 29.0 Å². The van der Waals surface area contributed by atoms with E-state index in [0.29, 0.717) is 38.8 Å². The Morgan fingerprint density at radius 3 is 2.66 bits per heavy atom. The smallest absolute Gasteiger partial charge is 0.326 e. The molecule has 0 radical (unpaired) electrons. The van der Waals surface area contributed by atoms with Crippen molar-refractivity contribution in [2.75, 3.05) is 19.8 Å². The average molecular weight is 447 g/mol. The predicted molar refractivity (Wildman–Crippen MR) is 118 cm³/mol. The SMILES string of the molecule is CCOC(=O)C(CCc1ccccc1)N[C@@H](C)C(=O)N1CCC2(CCCO2)C[C@H]1C(=O)O. The molecule has 8 nitrogen and oxygen atoms in total. The number of benzene rings is 1. The average Bonchev–Trinajstić information content (AvgIpc) is 3.24. The number of amides is 1. The Balaban J connectivity index is 1.65. The molecule has 176 valence electrons. The van der Waals surface area contributed by atoms with Gasteiger partial charge in [0, 0.05) is 19.6 Å². The van der Waals surface area contributed by atoms with Crippen molar-refractivity contribution in [3.05, 3.63) is 35.9 Å². The Morgan fingerprint density at radius 1 is 1.28 bits per heavy atom. The van der Waals surface area contributed by atoms with Crippen molar-refractivity contribution >= 4 is 17.8 Å². The summed E-state index contributed by atoms with van der Waals surface area (Å²) in [6, 6.07) is 7.49. The fraction of sp³-hybridized carbons (Fsp3) is 0.625. The van der Waals surface area contributed by atoms with Gasteiger partial charge in [0.05, 0.1) is 18.2 Å². The minimum Gasteiger partial charge on any atom is -0.480 e. The molecule has 0 aromatic heterocycles. The van der Waals surface area contributed by atoms with E-state index in [1.807, 2.05) is 30.3 Å². The Kier molecular flexibility index (Phi) is 8.26. The monoisotopic (exact) mass is 446 g/mol. The van der Waals surface area contributed by atoms with Crippen LogP contribution in [0.3, 0.4) is 0 Å². The molecule has 1 amide bonds. The van der Waals surface area contributed by atoms with Gasteiger partial charge in [-0.1, -0.05) is 30.3 Å². The molecule has 2 aliphatic heterocycles. The van der Waals surface area contributed by atoms with Gasteiger partial charge in [-0.25, -0.2) is 4.79 Å². The van der Waals surface area contributed by atoms with Crippen LogP contribution in [-0.2, 0) is 30.3 Å². The van der Waals surface area contributed by atoms with Crippen molar-refractivity contribution in [3.63, 3.8) is 0 Å². The number of carbonyl (C=O) groups is 3. The molecule has 2 fully saturated rings. The first-order valence-electron chi connectivity index (χ1n) is 11.5. The number of nitrogens with zero attached hydrogens (tertiary/aromatic N) is 1. The number of rotatable bonds is 9. The van der Waals surface area contributed by atoms with Crippen LogP contribution >= 0.6 is 0 Å². The zero-order valence-electron chi connectivity index (χ0n) is 18.9. The molecule has 1 spiro atoms. The first-order chi connectivity index (χ1) is 15.3. The molecule has 2 N–H and O–H groups in total. The van der Waals surface area contributed by atoms with Gasteiger partial charge in [-0.05, 0) is 51.5 Å². The van der Waals surface area contributed by atoms with E-state index in [9.17, 15) is 19.5 Å². The lowest BCUT2D eigenvalue weighted by atomic mass is 9.84. The highest BCUT2D eigenvalue weighted by Gasteiger charge is 2.47. The van der Waals surface area contributed by atoms with Crippen LogP contribution in [0.4, 0.5) is 0 Å². The molecule has 2 saturated heterocycles. The van der Waals surface area contributed by atoms with Gasteiger partial charge in [-0.15, -0.1) is 0 Å². The van der Waals surface area contributed by atoms with Gasteiger partial charge in [0.2, 0.25) is 5.91 Å². The summed E-state index contributed by atoms with van der Waals surface area (Å²) in [5.41, 5.74) is 0.658. The second-order valence-corrected chi connectivity index (χ2v) is 8.69. The lowest BCUT2D eigenvalue weighted by Gasteiger charge is -2.43. The Hall–Kier alpha value is -2.45. The first-order valence-corrected chi connectivity index (χ1v) is 11.5. The van der Waals surface area contributed by atoms with Crippen LogP contribution in [0, 0.1) is 0 Å². The van der Waals surface area contributed by atoms with E-state index in [1.165, 1.54) is 4.90 Å². The molecule has 1 aromatic carbocycles. The number of esters is 1. The number of hydrogen-bond acceptors (Lipinski definition) is 6. The van der Waals surface area contributed by atoms with Gasteiger partial charge in [0.15, 0.2) is 0 Å². The van der Waals surface area contributed by atoms with Gasteiger partial charge in [-0.3, -0.25) is 14.9 Å². The van der Waals surface area contributed by atoms with E-state index in [2.05, 4.69) is 5.32 Å². The van der Waals surface area contributed by atoms with Crippen molar-refractivity contribution in [2.45, 2.75) is 76.1 Å². The molecule has 1 aromatic rings. The number of aliphatic carboxylic acids is 1. The standard InChI is InChI=1S/C24H34N2O6/c1-3-31-23(30)19(11-10-18-8-5-4-6-9-18)25-17(2)21(27)26-14-13-24(12-7-15-32-24)16-20(26)22(28)29/h4-6,8-9,17,19-20,25H,3,7,10-16H2,1-2H3,(H,28,29)/t17-,19?,20-,24?/m0/s1. The lowest BCUT2D eigenvalue weighted by Crippen LogP contribution is -2.60. The third-order valence-electron chi connectivity index (χ3n) is 6.46. The van der Waals surface area contributed by atoms with Gasteiger partial charge in [0.1, 0.15) is 12.1 Å².